The molecule has 106 valence electrons. The Kier molecular flexibility index (Phi) is 6.60. The predicted molar refractivity (Wildman–Crippen MR) is 70.5 cm³/mol. The largest absolute Gasteiger partial charge is 0.465 e. The molecule has 5 nitrogen and oxygen atoms in total. The van der Waals surface area contributed by atoms with Crippen LogP contribution in [0.15, 0.2) is 0 Å². The van der Waals surface area contributed by atoms with Gasteiger partial charge in [-0.3, -0.25) is 9.69 Å². The second-order valence-electron chi connectivity index (χ2n) is 4.75. The second-order valence-corrected chi connectivity index (χ2v) is 4.75. The smallest absolute Gasteiger partial charge is 0.324 e. The Labute approximate surface area is 110 Å². The number of morpholine rings is 1. The van der Waals surface area contributed by atoms with E-state index in [2.05, 4.69) is 24.1 Å². The van der Waals surface area contributed by atoms with Crippen molar-refractivity contribution in [3.63, 3.8) is 0 Å². The maximum absolute atomic E-state index is 11.8. The van der Waals surface area contributed by atoms with Crippen molar-refractivity contribution < 1.29 is 14.3 Å². The molecule has 0 aromatic rings. The number of likely N-dealkylation sites (N-methyl/N-ethyl adjacent to an activating group) is 1. The van der Waals surface area contributed by atoms with E-state index in [9.17, 15) is 4.79 Å². The van der Waals surface area contributed by atoms with Crippen LogP contribution in [-0.2, 0) is 14.3 Å². The topological polar surface area (TPSA) is 50.8 Å². The minimum absolute atomic E-state index is 0.172. The summed E-state index contributed by atoms with van der Waals surface area (Å²) < 4.78 is 10.7. The fourth-order valence-electron chi connectivity index (χ4n) is 2.27. The fraction of sp³-hybridized carbons (Fsp3) is 0.923. The molecule has 1 aliphatic heterocycles. The average molecular weight is 258 g/mol. The van der Waals surface area contributed by atoms with Crippen LogP contribution in [0.5, 0.6) is 0 Å². The lowest BCUT2D eigenvalue weighted by Gasteiger charge is -2.39. The fourth-order valence-corrected chi connectivity index (χ4v) is 2.27. The quantitative estimate of drug-likeness (QED) is 0.708. The van der Waals surface area contributed by atoms with Gasteiger partial charge in [-0.25, -0.2) is 0 Å². The van der Waals surface area contributed by atoms with Crippen LogP contribution in [-0.4, -0.2) is 62.4 Å². The van der Waals surface area contributed by atoms with Gasteiger partial charge in [-0.2, -0.15) is 0 Å². The lowest BCUT2D eigenvalue weighted by molar-refractivity contribution is -0.147. The molecule has 3 atom stereocenters. The highest BCUT2D eigenvalue weighted by molar-refractivity contribution is 5.76. The first kappa shape index (κ1) is 15.4. The van der Waals surface area contributed by atoms with E-state index in [0.717, 1.165) is 19.6 Å². The van der Waals surface area contributed by atoms with Crippen LogP contribution in [0.4, 0.5) is 0 Å². The molecule has 0 saturated carbocycles. The number of hydrogen-bond donors (Lipinski definition) is 1. The third-order valence-corrected chi connectivity index (χ3v) is 3.39. The summed E-state index contributed by atoms with van der Waals surface area (Å²) in [5, 5.41) is 3.04. The van der Waals surface area contributed by atoms with E-state index < -0.39 is 0 Å². The van der Waals surface area contributed by atoms with E-state index in [0.29, 0.717) is 19.2 Å². The number of nitrogens with zero attached hydrogens (tertiary/aromatic N) is 1. The van der Waals surface area contributed by atoms with Gasteiger partial charge in [0.15, 0.2) is 0 Å². The van der Waals surface area contributed by atoms with Crippen molar-refractivity contribution in [1.29, 1.82) is 0 Å². The van der Waals surface area contributed by atoms with Gasteiger partial charge in [-0.15, -0.1) is 0 Å². The minimum Gasteiger partial charge on any atom is -0.465 e. The molecule has 0 bridgehead atoms. The maximum atomic E-state index is 11.8. The molecule has 1 aliphatic rings. The monoisotopic (exact) mass is 258 g/mol. The predicted octanol–water partition coefficient (Wildman–Crippen LogP) is 0.637. The number of nitrogens with one attached hydrogen (secondary N) is 1. The molecule has 1 rings (SSSR count). The first-order valence-corrected chi connectivity index (χ1v) is 6.81. The zero-order valence-corrected chi connectivity index (χ0v) is 11.9. The minimum atomic E-state index is -0.260. The Morgan fingerprint density at radius 3 is 2.83 bits per heavy atom. The van der Waals surface area contributed by atoms with Gasteiger partial charge in [-0.1, -0.05) is 6.92 Å². The van der Waals surface area contributed by atoms with Gasteiger partial charge >= 0.3 is 5.97 Å². The van der Waals surface area contributed by atoms with Crippen LogP contribution >= 0.6 is 0 Å². The highest BCUT2D eigenvalue weighted by atomic mass is 16.5. The van der Waals surface area contributed by atoms with Crippen molar-refractivity contribution in [2.45, 2.75) is 45.4 Å². The molecule has 18 heavy (non-hydrogen) atoms. The van der Waals surface area contributed by atoms with Crippen molar-refractivity contribution in [2.75, 3.05) is 33.4 Å². The molecular formula is C13H26N2O3. The van der Waals surface area contributed by atoms with Crippen molar-refractivity contribution in [2.24, 2.45) is 0 Å². The standard InChI is InChI=1S/C13H26N2O3/c1-5-11-9-18-10(3)7-15(11)8-12(14-4)13(16)17-6-2/h10-12,14H,5-9H2,1-4H3. The first-order valence-electron chi connectivity index (χ1n) is 6.81. The molecule has 1 heterocycles. The third kappa shape index (κ3) is 4.23. The summed E-state index contributed by atoms with van der Waals surface area (Å²) in [5.74, 6) is -0.172. The number of rotatable bonds is 6. The van der Waals surface area contributed by atoms with Crippen LogP contribution < -0.4 is 5.32 Å². The Balaban J connectivity index is 2.57. The van der Waals surface area contributed by atoms with Gasteiger partial charge in [0, 0.05) is 19.1 Å². The summed E-state index contributed by atoms with van der Waals surface area (Å²) in [7, 11) is 1.80. The summed E-state index contributed by atoms with van der Waals surface area (Å²) in [6.45, 7) is 8.77. The summed E-state index contributed by atoms with van der Waals surface area (Å²) in [6.07, 6.45) is 1.26. The van der Waals surface area contributed by atoms with Crippen molar-refractivity contribution >= 4 is 5.97 Å². The van der Waals surface area contributed by atoms with Crippen molar-refractivity contribution in [1.82, 2.24) is 10.2 Å². The van der Waals surface area contributed by atoms with Gasteiger partial charge in [0.05, 0.1) is 19.3 Å². The second kappa shape index (κ2) is 7.71. The summed E-state index contributed by atoms with van der Waals surface area (Å²) in [6, 6.07) is 0.135. The number of carbonyl (C=O) groups is 1. The van der Waals surface area contributed by atoms with Crippen LogP contribution in [0.3, 0.4) is 0 Å². The van der Waals surface area contributed by atoms with E-state index in [4.69, 9.17) is 9.47 Å². The number of carbonyl (C=O) groups excluding carboxylic acids is 1. The zero-order chi connectivity index (χ0) is 13.5. The van der Waals surface area contributed by atoms with Crippen LogP contribution in [0, 0.1) is 0 Å². The van der Waals surface area contributed by atoms with Crippen LogP contribution in [0.25, 0.3) is 0 Å². The van der Waals surface area contributed by atoms with E-state index in [1.807, 2.05) is 6.92 Å². The Morgan fingerprint density at radius 2 is 2.28 bits per heavy atom. The number of hydrogen-bond acceptors (Lipinski definition) is 5. The van der Waals surface area contributed by atoms with E-state index in [1.165, 1.54) is 0 Å². The highest BCUT2D eigenvalue weighted by Crippen LogP contribution is 2.15. The summed E-state index contributed by atoms with van der Waals surface area (Å²) in [5.41, 5.74) is 0. The van der Waals surface area contributed by atoms with Crippen molar-refractivity contribution in [3.05, 3.63) is 0 Å². The molecule has 0 spiro atoms. The molecular weight excluding hydrogens is 232 g/mol. The normalized spacial score (nSPS) is 26.9. The molecule has 1 N–H and O–H groups in total. The lowest BCUT2D eigenvalue weighted by Crippen LogP contribution is -2.54. The lowest BCUT2D eigenvalue weighted by atomic mass is 10.1. The van der Waals surface area contributed by atoms with Crippen LogP contribution in [0.1, 0.15) is 27.2 Å². The Morgan fingerprint density at radius 1 is 1.56 bits per heavy atom. The third-order valence-electron chi connectivity index (χ3n) is 3.39. The number of esters is 1. The Hall–Kier alpha value is -0.650. The molecule has 0 aliphatic carbocycles. The van der Waals surface area contributed by atoms with Gasteiger partial charge < -0.3 is 14.8 Å². The molecule has 3 unspecified atom stereocenters. The summed E-state index contributed by atoms with van der Waals surface area (Å²) >= 11 is 0. The molecule has 0 radical (unpaired) electrons. The maximum Gasteiger partial charge on any atom is 0.324 e. The number of ether oxygens (including phenoxy) is 2. The van der Waals surface area contributed by atoms with Gasteiger partial charge in [-0.05, 0) is 27.3 Å². The molecule has 1 saturated heterocycles. The molecule has 0 amide bonds. The molecule has 1 fully saturated rings. The molecule has 0 aromatic heterocycles. The highest BCUT2D eigenvalue weighted by Gasteiger charge is 2.29. The SMILES string of the molecule is CCOC(=O)C(CN1CC(C)OCC1CC)NC. The molecule has 5 heteroatoms. The Bertz CT molecular complexity index is 261. The van der Waals surface area contributed by atoms with Gasteiger partial charge in [0.1, 0.15) is 6.04 Å². The first-order chi connectivity index (χ1) is 8.62. The van der Waals surface area contributed by atoms with E-state index in [1.54, 1.807) is 7.05 Å². The van der Waals surface area contributed by atoms with Gasteiger partial charge in [0.2, 0.25) is 0 Å². The van der Waals surface area contributed by atoms with Gasteiger partial charge in [0.25, 0.3) is 0 Å². The van der Waals surface area contributed by atoms with Crippen molar-refractivity contribution in [3.8, 4) is 0 Å². The van der Waals surface area contributed by atoms with E-state index in [-0.39, 0.29) is 18.1 Å². The molecule has 0 aromatic carbocycles. The average Bonchev–Trinajstić information content (AvgIpc) is 2.36. The van der Waals surface area contributed by atoms with E-state index >= 15 is 0 Å². The zero-order valence-electron chi connectivity index (χ0n) is 11.9. The summed E-state index contributed by atoms with van der Waals surface area (Å²) in [4.78, 5) is 14.1. The van der Waals surface area contributed by atoms with Crippen LogP contribution in [0.2, 0.25) is 0 Å².